The summed E-state index contributed by atoms with van der Waals surface area (Å²) in [7, 11) is 1.91. The molecule has 0 radical (unpaired) electrons. The van der Waals surface area contributed by atoms with Gasteiger partial charge >= 0.3 is 0 Å². The highest BCUT2D eigenvalue weighted by atomic mass is 35.5. The molecule has 2 saturated heterocycles. The molecule has 4 rings (SSSR count). The third-order valence-electron chi connectivity index (χ3n) is 6.14. The smallest absolute Gasteiger partial charge is 0.222 e. The number of aryl methyl sites for hydroxylation is 2. The average molecular weight is 416 g/mol. The van der Waals surface area contributed by atoms with Crippen LogP contribution < -0.4 is 4.90 Å². The lowest BCUT2D eigenvalue weighted by Crippen LogP contribution is -2.55. The van der Waals surface area contributed by atoms with E-state index in [9.17, 15) is 4.79 Å². The van der Waals surface area contributed by atoms with Gasteiger partial charge in [-0.25, -0.2) is 0 Å². The van der Waals surface area contributed by atoms with Crippen LogP contribution in [-0.2, 0) is 18.3 Å². The van der Waals surface area contributed by atoms with Crippen molar-refractivity contribution in [3.05, 3.63) is 47.2 Å². The fraction of sp³-hybridized carbons (Fsp3) is 0.545. The fourth-order valence-electron chi connectivity index (χ4n) is 4.51. The number of piperazine rings is 1. The summed E-state index contributed by atoms with van der Waals surface area (Å²) in [6, 6.07) is 8.59. The Bertz CT molecular complexity index is 830. The van der Waals surface area contributed by atoms with Crippen LogP contribution in [0.15, 0.2) is 36.7 Å². The number of carbonyl (C=O) groups excluding carboxylic acids is 1. The third kappa shape index (κ3) is 5.11. The van der Waals surface area contributed by atoms with E-state index in [0.29, 0.717) is 12.5 Å². The second kappa shape index (κ2) is 9.18. The summed E-state index contributed by atoms with van der Waals surface area (Å²) >= 11 is 6.15. The van der Waals surface area contributed by atoms with E-state index in [0.717, 1.165) is 62.7 Å². The van der Waals surface area contributed by atoms with E-state index in [4.69, 9.17) is 11.6 Å². The molecule has 0 unspecified atom stereocenters. The normalized spacial score (nSPS) is 20.8. The Morgan fingerprint density at radius 1 is 1.21 bits per heavy atom. The van der Waals surface area contributed by atoms with Crippen molar-refractivity contribution in [1.82, 2.24) is 19.6 Å². The van der Waals surface area contributed by atoms with Crippen LogP contribution in [0.25, 0.3) is 0 Å². The lowest BCUT2D eigenvalue weighted by Gasteiger charge is -2.44. The molecular formula is C22H30ClN5O. The van der Waals surface area contributed by atoms with Crippen LogP contribution in [0.4, 0.5) is 5.69 Å². The number of carbonyl (C=O) groups is 1. The van der Waals surface area contributed by atoms with Crippen molar-refractivity contribution in [2.75, 3.05) is 44.2 Å². The summed E-state index contributed by atoms with van der Waals surface area (Å²) in [4.78, 5) is 19.8. The van der Waals surface area contributed by atoms with Crippen LogP contribution in [0.5, 0.6) is 0 Å². The number of nitrogens with zero attached hydrogens (tertiary/aromatic N) is 5. The molecule has 7 heteroatoms. The molecule has 0 saturated carbocycles. The molecule has 0 aliphatic carbocycles. The second-order valence-electron chi connectivity index (χ2n) is 8.16. The summed E-state index contributed by atoms with van der Waals surface area (Å²) in [5, 5.41) is 4.98. The van der Waals surface area contributed by atoms with Gasteiger partial charge in [0.25, 0.3) is 0 Å². The Labute approximate surface area is 178 Å². The molecule has 2 aliphatic rings. The molecule has 1 aromatic heterocycles. The minimum absolute atomic E-state index is 0.274. The molecule has 1 aromatic carbocycles. The molecule has 2 aliphatic heterocycles. The van der Waals surface area contributed by atoms with Crippen molar-refractivity contribution < 1.29 is 4.79 Å². The maximum Gasteiger partial charge on any atom is 0.222 e. The molecule has 0 N–H and O–H groups in total. The highest BCUT2D eigenvalue weighted by Crippen LogP contribution is 2.23. The number of piperidine rings is 1. The number of aromatic nitrogens is 2. The fourth-order valence-corrected chi connectivity index (χ4v) is 4.69. The Morgan fingerprint density at radius 3 is 2.76 bits per heavy atom. The lowest BCUT2D eigenvalue weighted by molar-refractivity contribution is -0.133. The van der Waals surface area contributed by atoms with Crippen molar-refractivity contribution >= 4 is 23.2 Å². The van der Waals surface area contributed by atoms with Crippen molar-refractivity contribution in [2.24, 2.45) is 7.05 Å². The average Bonchev–Trinajstić information content (AvgIpc) is 3.17. The van der Waals surface area contributed by atoms with Gasteiger partial charge in [0, 0.05) is 75.7 Å². The number of likely N-dealkylation sites (tertiary alicyclic amines) is 1. The van der Waals surface area contributed by atoms with E-state index in [1.54, 1.807) is 4.68 Å². The van der Waals surface area contributed by atoms with Crippen LogP contribution in [-0.4, -0.2) is 70.8 Å². The standard InChI is InChI=1S/C22H30ClN5O/c1-25-16-18(15-24-25)7-8-22(29)28-9-3-6-21(17-28)27-12-10-26(11-13-27)20-5-2-4-19(23)14-20/h2,4-5,14-16,21H,3,6-13,17H2,1H3/t21-/m0/s1. The summed E-state index contributed by atoms with van der Waals surface area (Å²) in [5.74, 6) is 0.274. The van der Waals surface area contributed by atoms with Gasteiger partial charge in [0.2, 0.25) is 5.91 Å². The van der Waals surface area contributed by atoms with E-state index in [1.165, 1.54) is 12.1 Å². The van der Waals surface area contributed by atoms with E-state index < -0.39 is 0 Å². The first-order chi connectivity index (χ1) is 14.1. The molecular weight excluding hydrogens is 386 g/mol. The van der Waals surface area contributed by atoms with Gasteiger partial charge in [0.15, 0.2) is 0 Å². The zero-order chi connectivity index (χ0) is 20.2. The second-order valence-corrected chi connectivity index (χ2v) is 8.60. The molecule has 2 aromatic rings. The molecule has 29 heavy (non-hydrogen) atoms. The minimum atomic E-state index is 0.274. The number of amides is 1. The first-order valence-electron chi connectivity index (χ1n) is 10.6. The number of hydrogen-bond acceptors (Lipinski definition) is 4. The molecule has 1 atom stereocenters. The maximum absolute atomic E-state index is 12.7. The highest BCUT2D eigenvalue weighted by molar-refractivity contribution is 6.30. The number of benzene rings is 1. The van der Waals surface area contributed by atoms with Gasteiger partial charge in [0.05, 0.1) is 6.20 Å². The molecule has 0 bridgehead atoms. The summed E-state index contributed by atoms with van der Waals surface area (Å²) < 4.78 is 1.79. The Morgan fingerprint density at radius 2 is 2.03 bits per heavy atom. The van der Waals surface area contributed by atoms with Crippen LogP contribution in [0.2, 0.25) is 5.02 Å². The SMILES string of the molecule is Cn1cc(CCC(=O)N2CCC[C@H](N3CCN(c4cccc(Cl)c4)CC3)C2)cn1. The molecule has 6 nitrogen and oxygen atoms in total. The van der Waals surface area contributed by atoms with E-state index in [-0.39, 0.29) is 5.91 Å². The Hall–Kier alpha value is -2.05. The zero-order valence-electron chi connectivity index (χ0n) is 17.1. The van der Waals surface area contributed by atoms with Crippen LogP contribution in [0.3, 0.4) is 0 Å². The molecule has 2 fully saturated rings. The van der Waals surface area contributed by atoms with Gasteiger partial charge in [-0.1, -0.05) is 17.7 Å². The Balaban J connectivity index is 1.27. The summed E-state index contributed by atoms with van der Waals surface area (Å²) in [5.41, 5.74) is 2.33. The van der Waals surface area contributed by atoms with Gasteiger partial charge in [-0.3, -0.25) is 14.4 Å². The van der Waals surface area contributed by atoms with Crippen LogP contribution >= 0.6 is 11.6 Å². The van der Waals surface area contributed by atoms with Crippen LogP contribution in [0, 0.1) is 0 Å². The summed E-state index contributed by atoms with van der Waals surface area (Å²) in [6.07, 6.45) is 7.46. The van der Waals surface area contributed by atoms with Crippen molar-refractivity contribution in [1.29, 1.82) is 0 Å². The molecule has 156 valence electrons. The van der Waals surface area contributed by atoms with E-state index in [2.05, 4.69) is 25.9 Å². The van der Waals surface area contributed by atoms with Crippen molar-refractivity contribution in [2.45, 2.75) is 31.7 Å². The topological polar surface area (TPSA) is 44.6 Å². The first kappa shape index (κ1) is 20.2. The predicted molar refractivity (Wildman–Crippen MR) is 116 cm³/mol. The molecule has 0 spiro atoms. The largest absolute Gasteiger partial charge is 0.369 e. The lowest BCUT2D eigenvalue weighted by atomic mass is 10.0. The molecule has 3 heterocycles. The van der Waals surface area contributed by atoms with Gasteiger partial charge in [-0.2, -0.15) is 5.10 Å². The monoisotopic (exact) mass is 415 g/mol. The quantitative estimate of drug-likeness (QED) is 0.753. The number of anilines is 1. The highest BCUT2D eigenvalue weighted by Gasteiger charge is 2.29. The van der Waals surface area contributed by atoms with E-state index >= 15 is 0 Å². The van der Waals surface area contributed by atoms with Gasteiger partial charge in [-0.05, 0) is 43.0 Å². The van der Waals surface area contributed by atoms with Crippen LogP contribution in [0.1, 0.15) is 24.8 Å². The van der Waals surface area contributed by atoms with Crippen molar-refractivity contribution in [3.63, 3.8) is 0 Å². The molecule has 1 amide bonds. The first-order valence-corrected chi connectivity index (χ1v) is 11.0. The third-order valence-corrected chi connectivity index (χ3v) is 6.37. The number of rotatable bonds is 5. The zero-order valence-corrected chi connectivity index (χ0v) is 17.9. The predicted octanol–water partition coefficient (Wildman–Crippen LogP) is 2.82. The maximum atomic E-state index is 12.7. The Kier molecular flexibility index (Phi) is 6.40. The van der Waals surface area contributed by atoms with Gasteiger partial charge in [-0.15, -0.1) is 0 Å². The van der Waals surface area contributed by atoms with Crippen molar-refractivity contribution in [3.8, 4) is 0 Å². The van der Waals surface area contributed by atoms with E-state index in [1.807, 2.05) is 37.6 Å². The number of hydrogen-bond donors (Lipinski definition) is 0. The van der Waals surface area contributed by atoms with Gasteiger partial charge in [0.1, 0.15) is 0 Å². The summed E-state index contributed by atoms with van der Waals surface area (Å²) in [6.45, 7) is 5.84. The minimum Gasteiger partial charge on any atom is -0.369 e. The number of halogens is 1. The van der Waals surface area contributed by atoms with Gasteiger partial charge < -0.3 is 9.80 Å².